The molecule has 0 spiro atoms. The molecule has 8 heterocycles. The monoisotopic (exact) mass is 960 g/mol. The van der Waals surface area contributed by atoms with Crippen LogP contribution in [0.1, 0.15) is 57.5 Å². The van der Waals surface area contributed by atoms with Crippen LogP contribution in [-0.4, -0.2) is 101 Å². The number of nitrogens with two attached hydrogens (primary N) is 2. The minimum atomic E-state index is -1.35. The van der Waals surface area contributed by atoms with E-state index in [9.17, 15) is 18.4 Å². The Morgan fingerprint density at radius 2 is 1.21 bits per heavy atom. The lowest BCUT2D eigenvalue weighted by molar-refractivity contribution is 0.0691. The van der Waals surface area contributed by atoms with Crippen LogP contribution in [0.2, 0.25) is 10.0 Å². The fourth-order valence-corrected chi connectivity index (χ4v) is 8.25. The molecule has 2 aromatic carbocycles. The number of carbonyl (C=O) groups excluding carboxylic acids is 1. The van der Waals surface area contributed by atoms with E-state index >= 15 is 0 Å². The molecule has 2 aliphatic heterocycles. The molecule has 6 aromatic heterocycles. The number of fused-ring (bicyclic) bond motifs is 2. The molecule has 17 nitrogen and oxygen atoms in total. The van der Waals surface area contributed by atoms with Crippen LogP contribution in [0.3, 0.4) is 0 Å². The number of amides is 1. The lowest BCUT2D eigenvalue weighted by Gasteiger charge is -2.33. The maximum Gasteiger partial charge on any atom is 0.338 e. The van der Waals surface area contributed by atoms with Gasteiger partial charge in [0.25, 0.3) is 5.91 Å². The van der Waals surface area contributed by atoms with Crippen LogP contribution in [0.5, 0.6) is 0 Å². The number of rotatable bonds is 8. The van der Waals surface area contributed by atoms with Gasteiger partial charge in [-0.3, -0.25) is 4.79 Å². The number of nitrogens with one attached hydrogen (secondary N) is 3. The molecule has 2 aliphatic rings. The lowest BCUT2D eigenvalue weighted by atomic mass is 10.0. The van der Waals surface area contributed by atoms with E-state index in [1.165, 1.54) is 12.4 Å². The van der Waals surface area contributed by atoms with Gasteiger partial charge in [0.05, 0.1) is 44.5 Å². The summed E-state index contributed by atoms with van der Waals surface area (Å²) in [6.07, 6.45) is 11.7. The number of carboxylic acid groups (broad SMARTS) is 1. The molecule has 10 rings (SSSR count). The van der Waals surface area contributed by atoms with Crippen molar-refractivity contribution in [3.05, 3.63) is 154 Å². The predicted octanol–water partition coefficient (Wildman–Crippen LogP) is 7.75. The highest BCUT2D eigenvalue weighted by molar-refractivity contribution is 6.36. The quantitative estimate of drug-likeness (QED) is 0.0799. The van der Waals surface area contributed by atoms with Gasteiger partial charge in [-0.2, -0.15) is 0 Å². The van der Waals surface area contributed by atoms with Crippen LogP contribution >= 0.6 is 23.2 Å². The van der Waals surface area contributed by atoms with Gasteiger partial charge < -0.3 is 41.7 Å². The van der Waals surface area contributed by atoms with Crippen molar-refractivity contribution in [2.24, 2.45) is 10.7 Å². The molecule has 8 aromatic rings. The minimum absolute atomic E-state index is 0.0680. The minimum Gasteiger partial charge on any atom is -0.478 e. The van der Waals surface area contributed by atoms with E-state index in [0.717, 1.165) is 83.6 Å². The van der Waals surface area contributed by atoms with Crippen molar-refractivity contribution in [2.45, 2.75) is 37.8 Å². The van der Waals surface area contributed by atoms with Gasteiger partial charge in [-0.1, -0.05) is 83.9 Å². The standard InChI is InChI=1S/C19H13FN2O2.C17H17ClFN7O.C11H14ClN5/c20-16-12-21-17(11-15(16)19(23)24)22-18(13-7-3-1-4-8-13)14-9-5-2-6-10-14;18-11-6-22-15-14(11)16(24-8-23-15)26-3-1-9(2-4-26)25-17(27)10-5-13(20)21-7-12(10)19;12-8-5-14-10-9(8)11(16-6-15-10)17-3-1-7(13)2-4-17/h1-12H,(H,23,24);5-9H,1-4H2,(H2,20,21)(H,25,27)(H,22,23,24);5-7H,1-4,13H2,(H,14,15,16). The van der Waals surface area contributed by atoms with Crippen molar-refractivity contribution in [3.8, 4) is 0 Å². The van der Waals surface area contributed by atoms with Crippen LogP contribution in [0.15, 0.2) is 115 Å². The molecule has 0 aliphatic carbocycles. The number of hydrogen-bond donors (Lipinski definition) is 6. The summed E-state index contributed by atoms with van der Waals surface area (Å²) < 4.78 is 27.3. The average molecular weight is 962 g/mol. The molecule has 0 bridgehead atoms. The van der Waals surface area contributed by atoms with E-state index in [2.05, 4.69) is 60.0 Å². The number of hydrogen-bond acceptors (Lipinski definition) is 13. The normalized spacial score (nSPS) is 14.1. The van der Waals surface area contributed by atoms with Crippen LogP contribution in [0.25, 0.3) is 22.1 Å². The number of nitrogens with zero attached hydrogens (tertiary/aromatic N) is 9. The third-order valence-electron chi connectivity index (χ3n) is 11.3. The number of aromatic amines is 2. The second-order valence-electron chi connectivity index (χ2n) is 15.8. The summed E-state index contributed by atoms with van der Waals surface area (Å²) >= 11 is 12.4. The number of H-pyrrole nitrogens is 2. The summed E-state index contributed by atoms with van der Waals surface area (Å²) in [5.41, 5.74) is 14.7. The summed E-state index contributed by atoms with van der Waals surface area (Å²) in [6, 6.07) is 21.5. The van der Waals surface area contributed by atoms with Crippen LogP contribution < -0.4 is 26.6 Å². The Morgan fingerprint density at radius 3 is 1.74 bits per heavy atom. The topological polar surface area (TPSA) is 246 Å². The fraction of sp³-hybridized carbons (Fsp3) is 0.213. The van der Waals surface area contributed by atoms with Gasteiger partial charge in [0.15, 0.2) is 17.5 Å². The zero-order valence-electron chi connectivity index (χ0n) is 36.2. The average Bonchev–Trinajstić information content (AvgIpc) is 3.94. The Hall–Kier alpha value is -7.61. The summed E-state index contributed by atoms with van der Waals surface area (Å²) in [5.74, 6) is -1.50. The first kappa shape index (κ1) is 46.9. The number of aromatic carboxylic acids is 1. The number of halogens is 4. The summed E-state index contributed by atoms with van der Waals surface area (Å²) in [5, 5.41) is 14.8. The number of piperidine rings is 2. The molecule has 0 saturated carbocycles. The Bertz CT molecular complexity index is 3030. The van der Waals surface area contributed by atoms with Crippen molar-refractivity contribution in [2.75, 3.05) is 41.7 Å². The van der Waals surface area contributed by atoms with Crippen LogP contribution in [0, 0.1) is 11.6 Å². The van der Waals surface area contributed by atoms with Gasteiger partial charge >= 0.3 is 5.97 Å². The van der Waals surface area contributed by atoms with E-state index in [4.69, 9.17) is 39.8 Å². The van der Waals surface area contributed by atoms with Gasteiger partial charge in [0, 0.05) is 67.8 Å². The number of carboxylic acids is 1. The molecule has 0 radical (unpaired) electrons. The van der Waals surface area contributed by atoms with Crippen molar-refractivity contribution in [1.29, 1.82) is 0 Å². The molecule has 2 fully saturated rings. The molecular formula is C47H44Cl2F2N14O3. The molecule has 1 amide bonds. The zero-order chi connectivity index (χ0) is 47.7. The summed E-state index contributed by atoms with van der Waals surface area (Å²) in [6.45, 7) is 3.21. The number of aromatic nitrogens is 8. The fourth-order valence-electron chi connectivity index (χ4n) is 7.79. The summed E-state index contributed by atoms with van der Waals surface area (Å²) in [7, 11) is 0. The van der Waals surface area contributed by atoms with E-state index in [-0.39, 0.29) is 23.2 Å². The summed E-state index contributed by atoms with van der Waals surface area (Å²) in [4.78, 5) is 62.9. The van der Waals surface area contributed by atoms with Gasteiger partial charge in [0.2, 0.25) is 0 Å². The third-order valence-corrected chi connectivity index (χ3v) is 11.9. The Kier molecular flexibility index (Phi) is 14.7. The second kappa shape index (κ2) is 21.3. The highest BCUT2D eigenvalue weighted by atomic mass is 35.5. The number of carbonyl (C=O) groups is 2. The molecule has 8 N–H and O–H groups in total. The predicted molar refractivity (Wildman–Crippen MR) is 258 cm³/mol. The van der Waals surface area contributed by atoms with Crippen LogP contribution in [-0.2, 0) is 0 Å². The third kappa shape index (κ3) is 11.0. The number of anilines is 3. The molecule has 0 unspecified atom stereocenters. The first-order chi connectivity index (χ1) is 32.9. The maximum absolute atomic E-state index is 13.8. The highest BCUT2D eigenvalue weighted by Gasteiger charge is 2.26. The van der Waals surface area contributed by atoms with Gasteiger partial charge in [0.1, 0.15) is 47.0 Å². The zero-order valence-corrected chi connectivity index (χ0v) is 37.7. The molecule has 21 heteroatoms. The van der Waals surface area contributed by atoms with Crippen LogP contribution in [0.4, 0.5) is 32.1 Å². The number of benzene rings is 2. The number of pyridine rings is 2. The Balaban J connectivity index is 0.000000141. The molecule has 68 heavy (non-hydrogen) atoms. The first-order valence-corrected chi connectivity index (χ1v) is 22.2. The first-order valence-electron chi connectivity index (χ1n) is 21.4. The number of aliphatic imine (C=N–C) groups is 1. The molecule has 348 valence electrons. The van der Waals surface area contributed by atoms with E-state index in [0.29, 0.717) is 53.4 Å². The van der Waals surface area contributed by atoms with E-state index < -0.39 is 29.1 Å². The largest absolute Gasteiger partial charge is 0.478 e. The van der Waals surface area contributed by atoms with Crippen molar-refractivity contribution in [3.63, 3.8) is 0 Å². The Labute approximate surface area is 397 Å². The van der Waals surface area contributed by atoms with Gasteiger partial charge in [-0.25, -0.2) is 48.5 Å². The maximum atomic E-state index is 13.8. The van der Waals surface area contributed by atoms with Gasteiger partial charge in [-0.15, -0.1) is 0 Å². The van der Waals surface area contributed by atoms with E-state index in [1.54, 1.807) is 18.7 Å². The lowest BCUT2D eigenvalue weighted by Crippen LogP contribution is -2.45. The van der Waals surface area contributed by atoms with Crippen molar-refractivity contribution >= 4 is 86.1 Å². The highest BCUT2D eigenvalue weighted by Crippen LogP contribution is 2.32. The molecule has 2 saturated heterocycles. The Morgan fingerprint density at radius 1 is 0.706 bits per heavy atom. The molecule has 0 atom stereocenters. The van der Waals surface area contributed by atoms with Gasteiger partial charge in [-0.05, 0) is 31.7 Å². The molecular weight excluding hydrogens is 918 g/mol. The van der Waals surface area contributed by atoms with Crippen molar-refractivity contribution in [1.82, 2.24) is 45.2 Å². The van der Waals surface area contributed by atoms with Crippen molar-refractivity contribution < 1.29 is 23.5 Å². The SMILES string of the molecule is NC1CCN(c2ncnc3[nH]cc(Cl)c23)CC1.Nc1cc(C(=O)NC2CCN(c3ncnc4[nH]cc(Cl)c34)CC2)c(F)cn1.O=C(O)c1cc(N=C(c2ccccc2)c2ccccc2)ncc1F. The second-order valence-corrected chi connectivity index (χ2v) is 16.6. The number of nitrogen functional groups attached to an aromatic ring is 1. The smallest absolute Gasteiger partial charge is 0.338 e. The van der Waals surface area contributed by atoms with E-state index in [1.807, 2.05) is 60.7 Å².